The first-order valence-corrected chi connectivity index (χ1v) is 10.1. The van der Waals surface area contributed by atoms with Gasteiger partial charge in [0, 0.05) is 5.69 Å². The molecule has 0 saturated carbocycles. The molecule has 1 aliphatic rings. The largest absolute Gasteiger partial charge is 2.00 e. The summed E-state index contributed by atoms with van der Waals surface area (Å²) in [4.78, 5) is 3.82. The van der Waals surface area contributed by atoms with E-state index >= 15 is 0 Å². The zero-order chi connectivity index (χ0) is 14.2. The van der Waals surface area contributed by atoms with Gasteiger partial charge >= 0.3 is 21.7 Å². The molecule has 1 unspecified atom stereocenters. The van der Waals surface area contributed by atoms with Gasteiger partial charge in [-0.25, -0.2) is 0 Å². The molecular weight excluding hydrogens is 365 g/mol. The Balaban J connectivity index is 0. The maximum Gasteiger partial charge on any atom is 2.00 e. The molecule has 2 rings (SSSR count). The van der Waals surface area contributed by atoms with Crippen molar-refractivity contribution in [3.05, 3.63) is 52.2 Å². The summed E-state index contributed by atoms with van der Waals surface area (Å²) in [5.74, 6) is 0.595. The van der Waals surface area contributed by atoms with Crippen molar-refractivity contribution in [2.75, 3.05) is 4.98 Å². The Bertz CT molecular complexity index is 553. The molecule has 0 radical (unpaired) electrons. The van der Waals surface area contributed by atoms with Gasteiger partial charge in [0.05, 0.1) is 0 Å². The number of hydrogen-bond donors (Lipinski definition) is 1. The third-order valence-electron chi connectivity index (χ3n) is 4.54. The van der Waals surface area contributed by atoms with Crippen LogP contribution in [0, 0.1) is 5.92 Å². The summed E-state index contributed by atoms with van der Waals surface area (Å²) in [5, 5.41) is 1.66. The van der Waals surface area contributed by atoms with Crippen LogP contribution in [0.2, 0.25) is 13.1 Å². The summed E-state index contributed by atoms with van der Waals surface area (Å²) in [5.41, 5.74) is 5.81. The minimum absolute atomic E-state index is 0. The molecule has 1 aromatic carbocycles. The first kappa shape index (κ1) is 24.3. The van der Waals surface area contributed by atoms with Crippen LogP contribution >= 0.6 is 0 Å². The molecule has 0 aliphatic heterocycles. The fourth-order valence-electron chi connectivity index (χ4n) is 3.32. The van der Waals surface area contributed by atoms with Crippen molar-refractivity contribution < 1.29 is 46.5 Å². The fourth-order valence-corrected chi connectivity index (χ4v) is 6.77. The van der Waals surface area contributed by atoms with Crippen LogP contribution in [-0.4, -0.2) is 8.24 Å². The summed E-state index contributed by atoms with van der Waals surface area (Å²) < 4.78 is 0. The fraction of sp³-hybridized carbons (Fsp3) is 0.412. The van der Waals surface area contributed by atoms with Gasteiger partial charge in [-0.2, -0.15) is 0 Å². The van der Waals surface area contributed by atoms with Gasteiger partial charge < -0.3 is 29.8 Å². The van der Waals surface area contributed by atoms with Gasteiger partial charge in [0.15, 0.2) is 8.24 Å². The van der Waals surface area contributed by atoms with E-state index in [9.17, 15) is 0 Å². The smallest absolute Gasteiger partial charge is 1.00 e. The Labute approximate surface area is 163 Å². The molecule has 0 aromatic heterocycles. The van der Waals surface area contributed by atoms with Crippen LogP contribution in [0.3, 0.4) is 0 Å². The summed E-state index contributed by atoms with van der Waals surface area (Å²) >= 11 is 0. The van der Waals surface area contributed by atoms with E-state index in [4.69, 9.17) is 0 Å². The second-order valence-electron chi connectivity index (χ2n) is 6.18. The molecule has 1 aliphatic carbocycles. The standard InChI is InChI=1S/C17H25NSi.2ClH.Ti/c1-12-13(2)15(4)17(14(12)3)19(5,6)18-16-10-8-7-9-11-16;;;/h7-11,14,18H,1-6H3;2*1H;/q;;;+2/p-2. The van der Waals surface area contributed by atoms with E-state index in [-0.39, 0.29) is 46.5 Å². The molecule has 5 heteroatoms. The quantitative estimate of drug-likeness (QED) is 0.664. The summed E-state index contributed by atoms with van der Waals surface area (Å²) in [6.07, 6.45) is 0. The second-order valence-corrected chi connectivity index (χ2v) is 10.2. The van der Waals surface area contributed by atoms with Crippen LogP contribution in [0.1, 0.15) is 27.7 Å². The maximum absolute atomic E-state index is 3.82. The molecule has 1 nitrogen and oxygen atoms in total. The van der Waals surface area contributed by atoms with Crippen LogP contribution in [0.5, 0.6) is 0 Å². The number of nitrogens with one attached hydrogen (secondary N) is 1. The van der Waals surface area contributed by atoms with Gasteiger partial charge in [-0.1, -0.05) is 41.5 Å². The average Bonchev–Trinajstić information content (AvgIpc) is 2.55. The predicted molar refractivity (Wildman–Crippen MR) is 87.8 cm³/mol. The van der Waals surface area contributed by atoms with Crippen LogP contribution in [-0.2, 0) is 21.7 Å². The third-order valence-corrected chi connectivity index (χ3v) is 7.61. The average molecular weight is 390 g/mol. The van der Waals surface area contributed by atoms with E-state index in [1.165, 1.54) is 16.8 Å². The van der Waals surface area contributed by atoms with Crippen LogP contribution in [0.25, 0.3) is 0 Å². The van der Waals surface area contributed by atoms with Gasteiger partial charge in [0.25, 0.3) is 0 Å². The van der Waals surface area contributed by atoms with E-state index in [0.717, 1.165) is 0 Å². The van der Waals surface area contributed by atoms with Gasteiger partial charge in [-0.3, -0.25) is 0 Å². The number of allylic oxidation sites excluding steroid dienone is 4. The Morgan fingerprint density at radius 3 is 1.82 bits per heavy atom. The first-order valence-electron chi connectivity index (χ1n) is 7.07. The Morgan fingerprint density at radius 2 is 1.41 bits per heavy atom. The molecule has 0 spiro atoms. The predicted octanol–water partition coefficient (Wildman–Crippen LogP) is -0.849. The normalized spacial score (nSPS) is 17.5. The maximum atomic E-state index is 3.82. The number of para-hydroxylation sites is 1. The third kappa shape index (κ3) is 4.75. The molecule has 0 saturated heterocycles. The van der Waals surface area contributed by atoms with Crippen LogP contribution in [0.4, 0.5) is 5.69 Å². The molecule has 0 fully saturated rings. The van der Waals surface area contributed by atoms with E-state index in [0.29, 0.717) is 5.92 Å². The monoisotopic (exact) mass is 389 g/mol. The minimum atomic E-state index is -1.63. The van der Waals surface area contributed by atoms with Crippen molar-refractivity contribution in [1.82, 2.24) is 0 Å². The molecule has 1 aromatic rings. The Hall–Kier alpha value is 0.0112. The van der Waals surface area contributed by atoms with Gasteiger partial charge in [-0.15, -0.1) is 0 Å². The number of rotatable bonds is 3. The molecule has 0 bridgehead atoms. The summed E-state index contributed by atoms with van der Waals surface area (Å²) in [7, 11) is -1.63. The number of benzene rings is 1. The van der Waals surface area contributed by atoms with Gasteiger partial charge in [0.2, 0.25) is 0 Å². The van der Waals surface area contributed by atoms with Gasteiger partial charge in [0.1, 0.15) is 0 Å². The molecular formula is C17H25Cl2NSiTi. The van der Waals surface area contributed by atoms with Crippen molar-refractivity contribution in [2.45, 2.75) is 40.8 Å². The second kappa shape index (κ2) is 9.34. The van der Waals surface area contributed by atoms with E-state index < -0.39 is 8.24 Å². The van der Waals surface area contributed by atoms with Crippen molar-refractivity contribution in [2.24, 2.45) is 5.92 Å². The van der Waals surface area contributed by atoms with E-state index in [1.54, 1.807) is 10.8 Å². The number of anilines is 1. The number of halogens is 2. The topological polar surface area (TPSA) is 12.0 Å². The van der Waals surface area contributed by atoms with Crippen LogP contribution < -0.4 is 29.8 Å². The van der Waals surface area contributed by atoms with Crippen LogP contribution in [0.15, 0.2) is 52.2 Å². The first-order chi connectivity index (χ1) is 8.84. The SMILES string of the molecule is CC1=C(C)C(C)C([Si](C)(C)Nc2ccccc2)=C1C.[Cl-].[Cl-].[Ti+2]. The van der Waals surface area contributed by atoms with E-state index in [2.05, 4.69) is 76.1 Å². The summed E-state index contributed by atoms with van der Waals surface area (Å²) in [6, 6.07) is 10.6. The molecule has 120 valence electrons. The van der Waals surface area contributed by atoms with Gasteiger partial charge in [-0.05, 0) is 57.5 Å². The molecule has 0 amide bonds. The zero-order valence-electron chi connectivity index (χ0n) is 14.2. The zero-order valence-corrected chi connectivity index (χ0v) is 18.3. The Morgan fingerprint density at radius 1 is 0.909 bits per heavy atom. The van der Waals surface area contributed by atoms with Crippen molar-refractivity contribution in [3.8, 4) is 0 Å². The van der Waals surface area contributed by atoms with Crippen molar-refractivity contribution in [3.63, 3.8) is 0 Å². The number of hydrogen-bond acceptors (Lipinski definition) is 1. The van der Waals surface area contributed by atoms with E-state index in [1.807, 2.05) is 0 Å². The molecule has 1 N–H and O–H groups in total. The van der Waals surface area contributed by atoms with Crippen molar-refractivity contribution in [1.29, 1.82) is 0 Å². The van der Waals surface area contributed by atoms with Crippen molar-refractivity contribution >= 4 is 13.9 Å². The molecule has 1 atom stereocenters. The Kier molecular flexibility index (Phi) is 10.3. The molecule has 22 heavy (non-hydrogen) atoms. The summed E-state index contributed by atoms with van der Waals surface area (Å²) in [6.45, 7) is 14.0. The minimum Gasteiger partial charge on any atom is -1.00 e. The molecule has 0 heterocycles.